The molecule has 2 N–H and O–H groups in total. The molecule has 0 atom stereocenters. The van der Waals surface area contributed by atoms with Gasteiger partial charge >= 0.3 is 0 Å². The molecule has 0 aliphatic rings. The number of benzene rings is 1. The molecule has 2 heterocycles. The molecule has 0 radical (unpaired) electrons. The van der Waals surface area contributed by atoms with Gasteiger partial charge in [0.2, 0.25) is 0 Å². The van der Waals surface area contributed by atoms with E-state index in [9.17, 15) is 0 Å². The van der Waals surface area contributed by atoms with Gasteiger partial charge in [-0.1, -0.05) is 18.2 Å². The van der Waals surface area contributed by atoms with Gasteiger partial charge in [-0.15, -0.1) is 0 Å². The van der Waals surface area contributed by atoms with E-state index in [0.29, 0.717) is 13.2 Å². The Morgan fingerprint density at radius 1 is 1.20 bits per heavy atom. The summed E-state index contributed by atoms with van der Waals surface area (Å²) in [5.41, 5.74) is 8.47. The van der Waals surface area contributed by atoms with Gasteiger partial charge in [0, 0.05) is 17.1 Å². The average Bonchev–Trinajstić information content (AvgIpc) is 2.84. The Morgan fingerprint density at radius 3 is 2.85 bits per heavy atom. The van der Waals surface area contributed by atoms with E-state index in [0.717, 1.165) is 33.7 Å². The number of fused-ring (bicyclic) bond motifs is 1. The molecule has 0 aliphatic heterocycles. The average molecular weight is 268 g/mol. The summed E-state index contributed by atoms with van der Waals surface area (Å²) in [5.74, 6) is 1.55. The summed E-state index contributed by atoms with van der Waals surface area (Å²) in [4.78, 5) is 4.21. The Kier molecular flexibility index (Phi) is 3.39. The molecule has 3 aromatic rings. The maximum absolute atomic E-state index is 5.85. The lowest BCUT2D eigenvalue weighted by atomic mass is 10.1. The van der Waals surface area contributed by atoms with Crippen molar-refractivity contribution in [2.24, 2.45) is 5.73 Å². The molecule has 0 unspecified atom stereocenters. The number of hydrogen-bond acceptors (Lipinski definition) is 4. The van der Waals surface area contributed by atoms with Crippen LogP contribution in [0.25, 0.3) is 11.0 Å². The van der Waals surface area contributed by atoms with Gasteiger partial charge in [-0.25, -0.2) is 0 Å². The van der Waals surface area contributed by atoms with E-state index in [1.54, 1.807) is 6.20 Å². The fraction of sp³-hybridized carbons (Fsp3) is 0.188. The van der Waals surface area contributed by atoms with Crippen LogP contribution in [-0.4, -0.2) is 4.98 Å². The van der Waals surface area contributed by atoms with Gasteiger partial charge in [0.05, 0.1) is 12.2 Å². The van der Waals surface area contributed by atoms with Crippen molar-refractivity contribution >= 4 is 11.0 Å². The SMILES string of the molecule is Cc1ncccc1OCc1c(CN)oc2ccccc12. The lowest BCUT2D eigenvalue weighted by molar-refractivity contribution is 0.300. The molecule has 1 aromatic carbocycles. The Bertz CT molecular complexity index is 734. The van der Waals surface area contributed by atoms with Crippen LogP contribution < -0.4 is 10.5 Å². The van der Waals surface area contributed by atoms with Crippen LogP contribution >= 0.6 is 0 Å². The first-order valence-electron chi connectivity index (χ1n) is 6.53. The van der Waals surface area contributed by atoms with E-state index in [1.165, 1.54) is 0 Å². The number of nitrogens with two attached hydrogens (primary N) is 1. The zero-order chi connectivity index (χ0) is 13.9. The normalized spacial score (nSPS) is 10.9. The molecule has 0 spiro atoms. The zero-order valence-electron chi connectivity index (χ0n) is 11.3. The Hall–Kier alpha value is -2.33. The predicted octanol–water partition coefficient (Wildman–Crippen LogP) is 3.17. The highest BCUT2D eigenvalue weighted by Crippen LogP contribution is 2.27. The molecule has 102 valence electrons. The van der Waals surface area contributed by atoms with Crippen LogP contribution in [0.15, 0.2) is 47.0 Å². The summed E-state index contributed by atoms with van der Waals surface area (Å²) < 4.78 is 11.6. The van der Waals surface area contributed by atoms with E-state index in [1.807, 2.05) is 43.3 Å². The van der Waals surface area contributed by atoms with Crippen LogP contribution in [0.2, 0.25) is 0 Å². The quantitative estimate of drug-likeness (QED) is 0.789. The van der Waals surface area contributed by atoms with E-state index in [2.05, 4.69) is 4.98 Å². The maximum Gasteiger partial charge on any atom is 0.141 e. The first-order chi connectivity index (χ1) is 9.79. The summed E-state index contributed by atoms with van der Waals surface area (Å²) in [7, 11) is 0. The lowest BCUT2D eigenvalue weighted by Crippen LogP contribution is -2.03. The van der Waals surface area contributed by atoms with Crippen molar-refractivity contribution in [3.05, 3.63) is 59.6 Å². The Morgan fingerprint density at radius 2 is 2.05 bits per heavy atom. The molecule has 0 saturated heterocycles. The first-order valence-corrected chi connectivity index (χ1v) is 6.53. The van der Waals surface area contributed by atoms with Crippen LogP contribution in [-0.2, 0) is 13.2 Å². The smallest absolute Gasteiger partial charge is 0.141 e. The van der Waals surface area contributed by atoms with Crippen LogP contribution in [0.4, 0.5) is 0 Å². The predicted molar refractivity (Wildman–Crippen MR) is 77.4 cm³/mol. The lowest BCUT2D eigenvalue weighted by Gasteiger charge is -2.08. The van der Waals surface area contributed by atoms with E-state index in [4.69, 9.17) is 14.9 Å². The molecule has 4 heteroatoms. The van der Waals surface area contributed by atoms with Gasteiger partial charge in [0.15, 0.2) is 0 Å². The summed E-state index contributed by atoms with van der Waals surface area (Å²) in [6, 6.07) is 11.7. The highest BCUT2D eigenvalue weighted by molar-refractivity contribution is 5.82. The fourth-order valence-electron chi connectivity index (χ4n) is 2.24. The Balaban J connectivity index is 1.92. The van der Waals surface area contributed by atoms with E-state index in [-0.39, 0.29) is 0 Å². The van der Waals surface area contributed by atoms with Crippen molar-refractivity contribution in [1.82, 2.24) is 4.98 Å². The summed E-state index contributed by atoms with van der Waals surface area (Å²) in [6.45, 7) is 2.71. The second kappa shape index (κ2) is 5.35. The van der Waals surface area contributed by atoms with Crippen LogP contribution in [0.5, 0.6) is 5.75 Å². The van der Waals surface area contributed by atoms with E-state index >= 15 is 0 Å². The van der Waals surface area contributed by atoms with Crippen molar-refractivity contribution in [3.63, 3.8) is 0 Å². The topological polar surface area (TPSA) is 61.3 Å². The number of ether oxygens (including phenoxy) is 1. The van der Waals surface area contributed by atoms with Crippen molar-refractivity contribution < 1.29 is 9.15 Å². The molecule has 0 saturated carbocycles. The molecule has 4 nitrogen and oxygen atoms in total. The summed E-state index contributed by atoms with van der Waals surface area (Å²) in [6.07, 6.45) is 1.75. The highest BCUT2D eigenvalue weighted by Gasteiger charge is 2.13. The molecule has 0 amide bonds. The molecule has 0 bridgehead atoms. The van der Waals surface area contributed by atoms with Crippen LogP contribution in [0.3, 0.4) is 0 Å². The molecule has 20 heavy (non-hydrogen) atoms. The minimum atomic E-state index is 0.361. The molecule has 3 rings (SSSR count). The minimum Gasteiger partial charge on any atom is -0.487 e. The van der Waals surface area contributed by atoms with Gasteiger partial charge in [-0.05, 0) is 25.1 Å². The second-order valence-electron chi connectivity index (χ2n) is 4.58. The summed E-state index contributed by atoms with van der Waals surface area (Å²) in [5, 5.41) is 1.05. The van der Waals surface area contributed by atoms with E-state index < -0.39 is 0 Å². The van der Waals surface area contributed by atoms with Crippen LogP contribution in [0.1, 0.15) is 17.0 Å². The third-order valence-electron chi connectivity index (χ3n) is 3.30. The number of aromatic nitrogens is 1. The minimum absolute atomic E-state index is 0.361. The number of hydrogen-bond donors (Lipinski definition) is 1. The van der Waals surface area contributed by atoms with Crippen molar-refractivity contribution in [2.45, 2.75) is 20.1 Å². The molecular formula is C16H16N2O2. The molecular weight excluding hydrogens is 252 g/mol. The number of pyridine rings is 1. The third-order valence-corrected chi connectivity index (χ3v) is 3.30. The van der Waals surface area contributed by atoms with Crippen molar-refractivity contribution in [3.8, 4) is 5.75 Å². The highest BCUT2D eigenvalue weighted by atomic mass is 16.5. The number of rotatable bonds is 4. The van der Waals surface area contributed by atoms with Crippen molar-refractivity contribution in [2.75, 3.05) is 0 Å². The van der Waals surface area contributed by atoms with Crippen LogP contribution in [0, 0.1) is 6.92 Å². The standard InChI is InChI=1S/C16H16N2O2/c1-11-14(7-4-8-18-11)19-10-13-12-5-2-3-6-15(12)20-16(13)9-17/h2-8H,9-10,17H2,1H3. The summed E-state index contributed by atoms with van der Waals surface area (Å²) >= 11 is 0. The number of para-hydroxylation sites is 1. The number of furan rings is 1. The maximum atomic E-state index is 5.85. The van der Waals surface area contributed by atoms with Crippen molar-refractivity contribution in [1.29, 1.82) is 0 Å². The van der Waals surface area contributed by atoms with Gasteiger partial charge in [0.1, 0.15) is 23.7 Å². The molecule has 2 aromatic heterocycles. The zero-order valence-corrected chi connectivity index (χ0v) is 11.3. The first kappa shape index (κ1) is 12.7. The van der Waals surface area contributed by atoms with Gasteiger partial charge in [0.25, 0.3) is 0 Å². The monoisotopic (exact) mass is 268 g/mol. The number of nitrogens with zero attached hydrogens (tertiary/aromatic N) is 1. The van der Waals surface area contributed by atoms with Gasteiger partial charge in [-0.2, -0.15) is 0 Å². The Labute approximate surface area is 117 Å². The second-order valence-corrected chi connectivity index (χ2v) is 4.58. The van der Waals surface area contributed by atoms with Gasteiger partial charge < -0.3 is 14.9 Å². The largest absolute Gasteiger partial charge is 0.487 e. The fourth-order valence-corrected chi connectivity index (χ4v) is 2.24. The molecule has 0 fully saturated rings. The van der Waals surface area contributed by atoms with Gasteiger partial charge in [-0.3, -0.25) is 4.98 Å². The number of aryl methyl sites for hydroxylation is 1. The molecule has 0 aliphatic carbocycles. The third kappa shape index (κ3) is 2.26.